The number of hydrogen-bond donors (Lipinski definition) is 1. The fourth-order valence-corrected chi connectivity index (χ4v) is 1.70. The molecule has 0 bridgehead atoms. The quantitative estimate of drug-likeness (QED) is 0.895. The summed E-state index contributed by atoms with van der Waals surface area (Å²) in [6.07, 6.45) is 0. The Balaban J connectivity index is 2.16. The van der Waals surface area contributed by atoms with Gasteiger partial charge in [0.1, 0.15) is 17.9 Å². The third-order valence-corrected chi connectivity index (χ3v) is 2.76. The second kappa shape index (κ2) is 5.36. The number of aryl methyl sites for hydroxylation is 1. The number of ether oxygens (including phenoxy) is 1. The topological polar surface area (TPSA) is 46.5 Å². The second-order valence-electron chi connectivity index (χ2n) is 4.02. The lowest BCUT2D eigenvalue weighted by Gasteiger charge is -2.10. The summed E-state index contributed by atoms with van der Waals surface area (Å²) in [6, 6.07) is 14.5. The van der Waals surface area contributed by atoms with Crippen LogP contribution in [-0.2, 0) is 6.61 Å². The molecule has 2 aromatic rings. The molecule has 0 saturated carbocycles. The van der Waals surface area contributed by atoms with E-state index in [1.165, 1.54) is 6.07 Å². The first kappa shape index (κ1) is 12.2. The van der Waals surface area contributed by atoms with Crippen molar-refractivity contribution in [3.05, 3.63) is 65.2 Å². The molecule has 0 saturated heterocycles. The van der Waals surface area contributed by atoms with Gasteiger partial charge in [-0.15, -0.1) is 0 Å². The van der Waals surface area contributed by atoms with Crippen LogP contribution in [0.2, 0.25) is 0 Å². The van der Waals surface area contributed by atoms with Crippen molar-refractivity contribution in [3.63, 3.8) is 0 Å². The van der Waals surface area contributed by atoms with Crippen LogP contribution >= 0.6 is 0 Å². The van der Waals surface area contributed by atoms with Crippen LogP contribution in [0.1, 0.15) is 21.5 Å². The molecule has 3 heteroatoms. The Morgan fingerprint density at radius 1 is 1.11 bits per heavy atom. The van der Waals surface area contributed by atoms with E-state index in [-0.39, 0.29) is 5.56 Å². The molecule has 0 atom stereocenters. The number of aromatic carboxylic acids is 1. The molecular weight excluding hydrogens is 228 g/mol. The van der Waals surface area contributed by atoms with E-state index in [1.54, 1.807) is 18.2 Å². The van der Waals surface area contributed by atoms with Crippen LogP contribution in [0.5, 0.6) is 5.75 Å². The van der Waals surface area contributed by atoms with Crippen LogP contribution in [0.3, 0.4) is 0 Å². The standard InChI is InChI=1S/C15H14O3/c1-11-6-2-3-7-12(11)10-18-14-9-5-4-8-13(14)15(16)17/h2-9H,10H2,1H3,(H,16,17). The van der Waals surface area contributed by atoms with E-state index >= 15 is 0 Å². The number of hydrogen-bond acceptors (Lipinski definition) is 2. The highest BCUT2D eigenvalue weighted by Gasteiger charge is 2.10. The van der Waals surface area contributed by atoms with Crippen molar-refractivity contribution in [2.24, 2.45) is 0 Å². The molecule has 0 aliphatic rings. The lowest BCUT2D eigenvalue weighted by atomic mass is 10.1. The van der Waals surface area contributed by atoms with Gasteiger partial charge in [-0.3, -0.25) is 0 Å². The first-order chi connectivity index (χ1) is 8.68. The molecule has 92 valence electrons. The summed E-state index contributed by atoms with van der Waals surface area (Å²) < 4.78 is 5.58. The van der Waals surface area contributed by atoms with E-state index in [2.05, 4.69) is 0 Å². The number of carboxylic acids is 1. The lowest BCUT2D eigenvalue weighted by molar-refractivity contribution is 0.0692. The van der Waals surface area contributed by atoms with Crippen LogP contribution < -0.4 is 4.74 Å². The molecule has 2 aromatic carbocycles. The van der Waals surface area contributed by atoms with Crippen LogP contribution in [0.4, 0.5) is 0 Å². The molecule has 2 rings (SSSR count). The van der Waals surface area contributed by atoms with E-state index in [9.17, 15) is 4.79 Å². The highest BCUT2D eigenvalue weighted by atomic mass is 16.5. The summed E-state index contributed by atoms with van der Waals surface area (Å²) in [7, 11) is 0. The average molecular weight is 242 g/mol. The molecular formula is C15H14O3. The van der Waals surface area contributed by atoms with Crippen molar-refractivity contribution in [2.45, 2.75) is 13.5 Å². The van der Waals surface area contributed by atoms with Gasteiger partial charge in [0, 0.05) is 0 Å². The van der Waals surface area contributed by atoms with E-state index in [1.807, 2.05) is 31.2 Å². The normalized spacial score (nSPS) is 10.1. The summed E-state index contributed by atoms with van der Waals surface area (Å²) >= 11 is 0. The third-order valence-electron chi connectivity index (χ3n) is 2.76. The van der Waals surface area contributed by atoms with Gasteiger partial charge in [0.15, 0.2) is 0 Å². The van der Waals surface area contributed by atoms with Crippen molar-refractivity contribution in [1.82, 2.24) is 0 Å². The average Bonchev–Trinajstić information content (AvgIpc) is 2.38. The maximum Gasteiger partial charge on any atom is 0.339 e. The summed E-state index contributed by atoms with van der Waals surface area (Å²) in [5, 5.41) is 9.04. The Hall–Kier alpha value is -2.29. The Labute approximate surface area is 106 Å². The van der Waals surface area contributed by atoms with Crippen molar-refractivity contribution >= 4 is 5.97 Å². The highest BCUT2D eigenvalue weighted by Crippen LogP contribution is 2.20. The number of benzene rings is 2. The van der Waals surface area contributed by atoms with Gasteiger partial charge < -0.3 is 9.84 Å². The molecule has 0 fully saturated rings. The third kappa shape index (κ3) is 2.69. The van der Waals surface area contributed by atoms with Gasteiger partial charge in [0.25, 0.3) is 0 Å². The van der Waals surface area contributed by atoms with Crippen LogP contribution in [0.15, 0.2) is 48.5 Å². The maximum absolute atomic E-state index is 11.0. The van der Waals surface area contributed by atoms with Crippen LogP contribution in [-0.4, -0.2) is 11.1 Å². The summed E-state index contributed by atoms with van der Waals surface area (Å²) in [4.78, 5) is 11.0. The molecule has 0 aromatic heterocycles. The number of rotatable bonds is 4. The van der Waals surface area contributed by atoms with E-state index in [4.69, 9.17) is 9.84 Å². The van der Waals surface area contributed by atoms with Gasteiger partial charge in [-0.25, -0.2) is 4.79 Å². The van der Waals surface area contributed by atoms with E-state index in [0.29, 0.717) is 12.4 Å². The molecule has 0 unspecified atom stereocenters. The molecule has 0 radical (unpaired) electrons. The van der Waals surface area contributed by atoms with E-state index in [0.717, 1.165) is 11.1 Å². The van der Waals surface area contributed by atoms with Crippen molar-refractivity contribution in [3.8, 4) is 5.75 Å². The van der Waals surface area contributed by atoms with Crippen molar-refractivity contribution in [2.75, 3.05) is 0 Å². The van der Waals surface area contributed by atoms with Crippen molar-refractivity contribution in [1.29, 1.82) is 0 Å². The summed E-state index contributed by atoms with van der Waals surface area (Å²) in [5.74, 6) is -0.580. The SMILES string of the molecule is Cc1ccccc1COc1ccccc1C(=O)O. The Bertz CT molecular complexity index is 561. The first-order valence-electron chi connectivity index (χ1n) is 5.68. The van der Waals surface area contributed by atoms with Gasteiger partial charge in [-0.1, -0.05) is 36.4 Å². The number of carbonyl (C=O) groups is 1. The van der Waals surface area contributed by atoms with Gasteiger partial charge in [-0.2, -0.15) is 0 Å². The molecule has 3 nitrogen and oxygen atoms in total. The minimum atomic E-state index is -0.976. The smallest absolute Gasteiger partial charge is 0.339 e. The largest absolute Gasteiger partial charge is 0.488 e. The Morgan fingerprint density at radius 2 is 1.78 bits per heavy atom. The summed E-state index contributed by atoms with van der Waals surface area (Å²) in [5.41, 5.74) is 2.37. The van der Waals surface area contributed by atoms with Gasteiger partial charge in [-0.05, 0) is 30.2 Å². The second-order valence-corrected chi connectivity index (χ2v) is 4.02. The number of carboxylic acid groups (broad SMARTS) is 1. The molecule has 0 aliphatic carbocycles. The molecule has 0 heterocycles. The Morgan fingerprint density at radius 3 is 2.50 bits per heavy atom. The zero-order valence-corrected chi connectivity index (χ0v) is 10.1. The first-order valence-corrected chi connectivity index (χ1v) is 5.68. The predicted molar refractivity (Wildman–Crippen MR) is 68.9 cm³/mol. The molecule has 18 heavy (non-hydrogen) atoms. The number of para-hydroxylation sites is 1. The minimum Gasteiger partial charge on any atom is -0.488 e. The predicted octanol–water partition coefficient (Wildman–Crippen LogP) is 3.27. The fraction of sp³-hybridized carbons (Fsp3) is 0.133. The maximum atomic E-state index is 11.0. The summed E-state index contributed by atoms with van der Waals surface area (Å²) in [6.45, 7) is 2.37. The highest BCUT2D eigenvalue weighted by molar-refractivity contribution is 5.90. The van der Waals surface area contributed by atoms with Gasteiger partial charge in [0.2, 0.25) is 0 Å². The van der Waals surface area contributed by atoms with Crippen LogP contribution in [0.25, 0.3) is 0 Å². The minimum absolute atomic E-state index is 0.186. The van der Waals surface area contributed by atoms with Gasteiger partial charge >= 0.3 is 5.97 Å². The van der Waals surface area contributed by atoms with E-state index < -0.39 is 5.97 Å². The van der Waals surface area contributed by atoms with Gasteiger partial charge in [0.05, 0.1) is 0 Å². The molecule has 0 aliphatic heterocycles. The van der Waals surface area contributed by atoms with Crippen LogP contribution in [0, 0.1) is 6.92 Å². The Kier molecular flexibility index (Phi) is 3.63. The monoisotopic (exact) mass is 242 g/mol. The fourth-order valence-electron chi connectivity index (χ4n) is 1.70. The lowest BCUT2D eigenvalue weighted by Crippen LogP contribution is -2.03. The molecule has 1 N–H and O–H groups in total. The zero-order valence-electron chi connectivity index (χ0n) is 10.1. The molecule has 0 amide bonds. The zero-order chi connectivity index (χ0) is 13.0. The van der Waals surface area contributed by atoms with Crippen molar-refractivity contribution < 1.29 is 14.6 Å². The molecule has 0 spiro atoms.